The Morgan fingerprint density at radius 3 is 2.79 bits per heavy atom. The van der Waals surface area contributed by atoms with Crippen molar-refractivity contribution >= 4 is 17.7 Å². The highest BCUT2D eigenvalue weighted by molar-refractivity contribution is 6.31. The van der Waals surface area contributed by atoms with E-state index in [0.29, 0.717) is 23.6 Å². The normalized spacial score (nSPS) is 9.79. The van der Waals surface area contributed by atoms with Crippen molar-refractivity contribution in [3.8, 4) is 11.8 Å². The van der Waals surface area contributed by atoms with Crippen LogP contribution in [0.5, 0.6) is 0 Å². The molecule has 0 saturated heterocycles. The van der Waals surface area contributed by atoms with Gasteiger partial charge in [0.05, 0.1) is 5.56 Å². The first-order valence-corrected chi connectivity index (χ1v) is 7.83. The van der Waals surface area contributed by atoms with Gasteiger partial charge in [-0.2, -0.15) is 0 Å². The molecule has 3 nitrogen and oxygen atoms in total. The van der Waals surface area contributed by atoms with Gasteiger partial charge in [-0.15, -0.1) is 0 Å². The number of carbonyl (C=O) groups excluding carboxylic acids is 1. The number of halogens is 2. The summed E-state index contributed by atoms with van der Waals surface area (Å²) >= 11 is 5.83. The average molecular weight is 346 g/mol. The summed E-state index contributed by atoms with van der Waals surface area (Å²) in [4.78, 5) is 11.5. The molecule has 124 valence electrons. The Hall–Kier alpha value is -2.51. The van der Waals surface area contributed by atoms with E-state index in [1.807, 2.05) is 30.3 Å². The van der Waals surface area contributed by atoms with Crippen LogP contribution in [0, 0.1) is 24.6 Å². The van der Waals surface area contributed by atoms with Crippen LogP contribution in [0.1, 0.15) is 23.1 Å². The minimum atomic E-state index is -0.505. The number of benzene rings is 2. The van der Waals surface area contributed by atoms with Gasteiger partial charge in [0.15, 0.2) is 0 Å². The van der Waals surface area contributed by atoms with Crippen LogP contribution in [0.25, 0.3) is 0 Å². The number of hydrogen-bond acceptors (Lipinski definition) is 2. The predicted molar refractivity (Wildman–Crippen MR) is 92.3 cm³/mol. The molecule has 0 aliphatic heterocycles. The smallest absolute Gasteiger partial charge is 0.407 e. The van der Waals surface area contributed by atoms with Gasteiger partial charge in [-0.3, -0.25) is 0 Å². The van der Waals surface area contributed by atoms with E-state index in [1.54, 1.807) is 13.0 Å². The maximum Gasteiger partial charge on any atom is 0.407 e. The Morgan fingerprint density at radius 1 is 1.29 bits per heavy atom. The van der Waals surface area contributed by atoms with Crippen molar-refractivity contribution in [2.45, 2.75) is 20.0 Å². The van der Waals surface area contributed by atoms with Crippen LogP contribution in [0.2, 0.25) is 5.02 Å². The van der Waals surface area contributed by atoms with Gasteiger partial charge in [0.25, 0.3) is 0 Å². The fourth-order valence-electron chi connectivity index (χ4n) is 1.91. The maximum absolute atomic E-state index is 13.7. The Bertz CT molecular complexity index is 766. The Kier molecular flexibility index (Phi) is 6.65. The second kappa shape index (κ2) is 8.95. The molecule has 0 aliphatic carbocycles. The summed E-state index contributed by atoms with van der Waals surface area (Å²) in [5.41, 5.74) is 1.98. The van der Waals surface area contributed by atoms with Gasteiger partial charge in [-0.1, -0.05) is 53.8 Å². The predicted octanol–water partition coefficient (Wildman–Crippen LogP) is 4.46. The number of carbonyl (C=O) groups is 1. The lowest BCUT2D eigenvalue weighted by Gasteiger charge is -2.05. The molecular weight excluding hydrogens is 329 g/mol. The summed E-state index contributed by atoms with van der Waals surface area (Å²) in [6.07, 6.45) is -0.115. The van der Waals surface area contributed by atoms with Gasteiger partial charge in [-0.25, -0.2) is 9.18 Å². The van der Waals surface area contributed by atoms with Crippen molar-refractivity contribution in [3.63, 3.8) is 0 Å². The zero-order valence-electron chi connectivity index (χ0n) is 13.2. The molecule has 24 heavy (non-hydrogen) atoms. The topological polar surface area (TPSA) is 38.3 Å². The summed E-state index contributed by atoms with van der Waals surface area (Å²) in [7, 11) is 0. The summed E-state index contributed by atoms with van der Waals surface area (Å²) < 4.78 is 18.7. The maximum atomic E-state index is 13.7. The van der Waals surface area contributed by atoms with Crippen molar-refractivity contribution in [3.05, 3.63) is 70.0 Å². The first kappa shape index (κ1) is 17.8. The SMILES string of the molecule is Cc1cc(C#CCCNC(=O)OCc2ccccc2)c(F)cc1Cl. The molecule has 2 rings (SSSR count). The number of ether oxygens (including phenoxy) is 1. The number of hydrogen-bond donors (Lipinski definition) is 1. The number of nitrogens with one attached hydrogen (secondary N) is 1. The second-order valence-corrected chi connectivity index (χ2v) is 5.53. The van der Waals surface area contributed by atoms with Crippen molar-refractivity contribution in [1.82, 2.24) is 5.32 Å². The Balaban J connectivity index is 1.73. The molecular formula is C19H17ClFNO2. The van der Waals surface area contributed by atoms with E-state index in [2.05, 4.69) is 17.2 Å². The quantitative estimate of drug-likeness (QED) is 0.656. The second-order valence-electron chi connectivity index (χ2n) is 5.12. The molecule has 2 aromatic carbocycles. The lowest BCUT2D eigenvalue weighted by molar-refractivity contribution is 0.140. The molecule has 0 heterocycles. The highest BCUT2D eigenvalue weighted by Gasteiger charge is 2.04. The zero-order chi connectivity index (χ0) is 17.4. The fraction of sp³-hybridized carbons (Fsp3) is 0.211. The molecule has 0 aromatic heterocycles. The van der Waals surface area contributed by atoms with Crippen molar-refractivity contribution < 1.29 is 13.9 Å². The first-order valence-electron chi connectivity index (χ1n) is 7.45. The monoisotopic (exact) mass is 345 g/mol. The Morgan fingerprint density at radius 2 is 2.04 bits per heavy atom. The number of rotatable bonds is 4. The molecule has 2 aromatic rings. The number of aryl methyl sites for hydroxylation is 1. The van der Waals surface area contributed by atoms with Gasteiger partial charge in [0.1, 0.15) is 12.4 Å². The van der Waals surface area contributed by atoms with Crippen LogP contribution in [0.4, 0.5) is 9.18 Å². The van der Waals surface area contributed by atoms with E-state index in [9.17, 15) is 9.18 Å². The largest absolute Gasteiger partial charge is 0.445 e. The third-order valence-corrected chi connectivity index (χ3v) is 3.61. The molecule has 0 unspecified atom stereocenters. The molecule has 1 N–H and O–H groups in total. The van der Waals surface area contributed by atoms with Crippen LogP contribution >= 0.6 is 11.6 Å². The molecule has 1 amide bonds. The lowest BCUT2D eigenvalue weighted by atomic mass is 10.1. The van der Waals surface area contributed by atoms with E-state index in [0.717, 1.165) is 11.1 Å². The van der Waals surface area contributed by atoms with E-state index in [4.69, 9.17) is 16.3 Å². The van der Waals surface area contributed by atoms with Crippen LogP contribution in [0.15, 0.2) is 42.5 Å². The Labute approximate surface area is 145 Å². The fourth-order valence-corrected chi connectivity index (χ4v) is 2.06. The molecule has 0 aliphatic rings. The first-order chi connectivity index (χ1) is 11.6. The lowest BCUT2D eigenvalue weighted by Crippen LogP contribution is -2.24. The summed E-state index contributed by atoms with van der Waals surface area (Å²) in [6, 6.07) is 12.3. The molecule has 0 radical (unpaired) electrons. The van der Waals surface area contributed by atoms with E-state index in [1.165, 1.54) is 6.07 Å². The number of alkyl carbamates (subject to hydrolysis) is 1. The van der Waals surface area contributed by atoms with Gasteiger partial charge in [0.2, 0.25) is 0 Å². The zero-order valence-corrected chi connectivity index (χ0v) is 14.0. The van der Waals surface area contributed by atoms with Crippen molar-refractivity contribution in [2.75, 3.05) is 6.54 Å². The third kappa shape index (κ3) is 5.60. The van der Waals surface area contributed by atoms with Crippen LogP contribution in [0.3, 0.4) is 0 Å². The minimum absolute atomic E-state index is 0.216. The average Bonchev–Trinajstić information content (AvgIpc) is 2.58. The van der Waals surface area contributed by atoms with Crippen molar-refractivity contribution in [1.29, 1.82) is 0 Å². The standard InChI is InChI=1S/C19H17ClFNO2/c1-14-11-16(18(21)12-17(14)20)9-5-6-10-22-19(23)24-13-15-7-3-2-4-8-15/h2-4,7-8,11-12H,6,10,13H2,1H3,(H,22,23). The molecule has 0 spiro atoms. The summed E-state index contributed by atoms with van der Waals surface area (Å²) in [5.74, 6) is 5.10. The van der Waals surface area contributed by atoms with Crippen LogP contribution in [-0.4, -0.2) is 12.6 Å². The van der Waals surface area contributed by atoms with Gasteiger partial charge in [-0.05, 0) is 30.2 Å². The number of amides is 1. The van der Waals surface area contributed by atoms with E-state index >= 15 is 0 Å². The third-order valence-electron chi connectivity index (χ3n) is 3.20. The minimum Gasteiger partial charge on any atom is -0.445 e. The van der Waals surface area contributed by atoms with Gasteiger partial charge < -0.3 is 10.1 Å². The molecule has 5 heteroatoms. The molecule has 0 atom stereocenters. The molecule has 0 fully saturated rings. The van der Waals surface area contributed by atoms with Gasteiger partial charge >= 0.3 is 6.09 Å². The summed E-state index contributed by atoms with van der Waals surface area (Å²) in [5, 5.41) is 2.97. The van der Waals surface area contributed by atoms with E-state index < -0.39 is 11.9 Å². The van der Waals surface area contributed by atoms with E-state index in [-0.39, 0.29) is 6.61 Å². The molecule has 0 saturated carbocycles. The van der Waals surface area contributed by atoms with Gasteiger partial charge in [0, 0.05) is 18.0 Å². The highest BCUT2D eigenvalue weighted by atomic mass is 35.5. The van der Waals surface area contributed by atoms with Crippen LogP contribution < -0.4 is 5.32 Å². The highest BCUT2D eigenvalue weighted by Crippen LogP contribution is 2.19. The van der Waals surface area contributed by atoms with Crippen molar-refractivity contribution in [2.24, 2.45) is 0 Å². The molecule has 0 bridgehead atoms. The summed E-state index contributed by atoms with van der Waals surface area (Å²) in [6.45, 7) is 2.33. The van der Waals surface area contributed by atoms with Crippen LogP contribution in [-0.2, 0) is 11.3 Å².